The highest BCUT2D eigenvalue weighted by molar-refractivity contribution is 7.09. The number of nitrogens with zero attached hydrogens (tertiary/aromatic N) is 2. The largest absolute Gasteiger partial charge is 0.363 e. The Hall–Kier alpha value is -1.39. The summed E-state index contributed by atoms with van der Waals surface area (Å²) in [6.45, 7) is 7.57. The van der Waals surface area contributed by atoms with Crippen molar-refractivity contribution in [2.45, 2.75) is 45.8 Å². The molecule has 2 rings (SSSR count). The average Bonchev–Trinajstić information content (AvgIpc) is 3.00. The Labute approximate surface area is 132 Å². The van der Waals surface area contributed by atoms with Gasteiger partial charge in [-0.15, -0.1) is 11.3 Å². The van der Waals surface area contributed by atoms with Crippen LogP contribution in [0.1, 0.15) is 43.8 Å². The molecule has 1 atom stereocenters. The first kappa shape index (κ1) is 16.0. The van der Waals surface area contributed by atoms with Gasteiger partial charge in [0.25, 0.3) is 0 Å². The first-order chi connectivity index (χ1) is 10.2. The maximum absolute atomic E-state index is 4.65. The maximum atomic E-state index is 4.65. The molecule has 21 heavy (non-hydrogen) atoms. The van der Waals surface area contributed by atoms with Crippen LogP contribution in [0, 0.1) is 0 Å². The molecule has 3 nitrogen and oxygen atoms in total. The molecule has 0 saturated heterocycles. The molecule has 0 aliphatic carbocycles. The van der Waals surface area contributed by atoms with Crippen LogP contribution in [0.4, 0.5) is 5.69 Å². The van der Waals surface area contributed by atoms with Crippen LogP contribution in [0.15, 0.2) is 35.8 Å². The van der Waals surface area contributed by atoms with Crippen LogP contribution in [0.5, 0.6) is 0 Å². The van der Waals surface area contributed by atoms with Crippen LogP contribution in [0.25, 0.3) is 0 Å². The van der Waals surface area contributed by atoms with Gasteiger partial charge >= 0.3 is 0 Å². The Morgan fingerprint density at radius 3 is 2.57 bits per heavy atom. The summed E-state index contributed by atoms with van der Waals surface area (Å²) >= 11 is 1.81. The summed E-state index contributed by atoms with van der Waals surface area (Å²) in [5, 5.41) is 5.43. The molecule has 0 aliphatic heterocycles. The van der Waals surface area contributed by atoms with Gasteiger partial charge in [0.15, 0.2) is 0 Å². The number of aromatic nitrogens is 1. The number of thiophene rings is 1. The molecule has 1 N–H and O–H groups in total. The van der Waals surface area contributed by atoms with Crippen molar-refractivity contribution in [3.8, 4) is 0 Å². The molecule has 2 aromatic heterocycles. The van der Waals surface area contributed by atoms with Crippen LogP contribution >= 0.6 is 11.3 Å². The molecule has 114 valence electrons. The molecular formula is C17H25N3S. The van der Waals surface area contributed by atoms with Crippen molar-refractivity contribution in [3.05, 3.63) is 46.4 Å². The van der Waals surface area contributed by atoms with E-state index in [1.807, 2.05) is 13.2 Å². The summed E-state index contributed by atoms with van der Waals surface area (Å²) in [5.74, 6) is 0. The SMILES string of the molecule is CCC(NC)c1ccc(N(Cc2cccs2)C(C)C)cn1. The minimum absolute atomic E-state index is 0.337. The molecule has 0 radical (unpaired) electrons. The Kier molecular flexibility index (Phi) is 5.76. The zero-order valence-electron chi connectivity index (χ0n) is 13.3. The molecule has 0 aliphatic rings. The van der Waals surface area contributed by atoms with Crippen LogP contribution < -0.4 is 10.2 Å². The molecule has 1 unspecified atom stereocenters. The van der Waals surface area contributed by atoms with Gasteiger partial charge < -0.3 is 10.2 Å². The molecule has 4 heteroatoms. The third kappa shape index (κ3) is 4.05. The van der Waals surface area contributed by atoms with E-state index in [0.29, 0.717) is 12.1 Å². The van der Waals surface area contributed by atoms with E-state index in [-0.39, 0.29) is 0 Å². The fraction of sp³-hybridized carbons (Fsp3) is 0.471. The lowest BCUT2D eigenvalue weighted by molar-refractivity contribution is 0.561. The Morgan fingerprint density at radius 1 is 1.29 bits per heavy atom. The smallest absolute Gasteiger partial charge is 0.0574 e. The molecular weight excluding hydrogens is 278 g/mol. The highest BCUT2D eigenvalue weighted by Crippen LogP contribution is 2.23. The number of nitrogens with one attached hydrogen (secondary N) is 1. The third-order valence-corrected chi connectivity index (χ3v) is 4.61. The van der Waals surface area contributed by atoms with Crippen LogP contribution in [0.3, 0.4) is 0 Å². The van der Waals surface area contributed by atoms with E-state index in [2.05, 4.69) is 65.6 Å². The quantitative estimate of drug-likeness (QED) is 0.829. The van der Waals surface area contributed by atoms with Gasteiger partial charge in [0.1, 0.15) is 0 Å². The van der Waals surface area contributed by atoms with Gasteiger partial charge in [0.2, 0.25) is 0 Å². The van der Waals surface area contributed by atoms with Gasteiger partial charge in [0, 0.05) is 17.0 Å². The first-order valence-corrected chi connectivity index (χ1v) is 8.45. The Balaban J connectivity index is 2.17. The molecule has 0 fully saturated rings. The zero-order chi connectivity index (χ0) is 15.2. The molecule has 0 saturated carbocycles. The van der Waals surface area contributed by atoms with Gasteiger partial charge in [-0.1, -0.05) is 13.0 Å². The second-order valence-corrected chi connectivity index (χ2v) is 6.52. The molecule has 0 bridgehead atoms. The Morgan fingerprint density at radius 2 is 2.10 bits per heavy atom. The van der Waals surface area contributed by atoms with Crippen molar-refractivity contribution < 1.29 is 0 Å². The number of rotatable bonds is 7. The van der Waals surface area contributed by atoms with E-state index in [1.54, 1.807) is 11.3 Å². The fourth-order valence-corrected chi connectivity index (χ4v) is 3.18. The lowest BCUT2D eigenvalue weighted by Gasteiger charge is -2.28. The molecule has 0 amide bonds. The average molecular weight is 303 g/mol. The monoisotopic (exact) mass is 303 g/mol. The lowest BCUT2D eigenvalue weighted by atomic mass is 10.1. The Bertz CT molecular complexity index is 515. The number of anilines is 1. The summed E-state index contributed by atoms with van der Waals surface area (Å²) in [6.07, 6.45) is 3.05. The minimum Gasteiger partial charge on any atom is -0.363 e. The van der Waals surface area contributed by atoms with Crippen LogP contribution in [-0.2, 0) is 6.54 Å². The number of pyridine rings is 1. The van der Waals surface area contributed by atoms with E-state index in [4.69, 9.17) is 0 Å². The second kappa shape index (κ2) is 7.57. The lowest BCUT2D eigenvalue weighted by Crippen LogP contribution is -2.30. The van der Waals surface area contributed by atoms with E-state index in [0.717, 1.165) is 18.7 Å². The van der Waals surface area contributed by atoms with E-state index >= 15 is 0 Å². The highest BCUT2D eigenvalue weighted by atomic mass is 32.1. The van der Waals surface area contributed by atoms with Crippen LogP contribution in [-0.4, -0.2) is 18.1 Å². The molecule has 0 spiro atoms. The van der Waals surface area contributed by atoms with Crippen molar-refractivity contribution >= 4 is 17.0 Å². The van der Waals surface area contributed by atoms with E-state index in [9.17, 15) is 0 Å². The summed E-state index contributed by atoms with van der Waals surface area (Å²) < 4.78 is 0. The van der Waals surface area contributed by atoms with Gasteiger partial charge in [-0.05, 0) is 50.9 Å². The van der Waals surface area contributed by atoms with Crippen molar-refractivity contribution in [1.82, 2.24) is 10.3 Å². The summed E-state index contributed by atoms with van der Waals surface area (Å²) in [6, 6.07) is 9.42. The van der Waals surface area contributed by atoms with Gasteiger partial charge in [-0.2, -0.15) is 0 Å². The van der Waals surface area contributed by atoms with Gasteiger partial charge in [0.05, 0.1) is 24.1 Å². The zero-order valence-corrected chi connectivity index (χ0v) is 14.2. The first-order valence-electron chi connectivity index (χ1n) is 7.58. The van der Waals surface area contributed by atoms with Crippen molar-refractivity contribution in [1.29, 1.82) is 0 Å². The minimum atomic E-state index is 0.337. The second-order valence-electron chi connectivity index (χ2n) is 5.49. The molecule has 0 aromatic carbocycles. The normalized spacial score (nSPS) is 12.6. The van der Waals surface area contributed by atoms with Crippen molar-refractivity contribution in [2.24, 2.45) is 0 Å². The summed E-state index contributed by atoms with van der Waals surface area (Å²) in [4.78, 5) is 8.43. The predicted molar refractivity (Wildman–Crippen MR) is 92.0 cm³/mol. The number of hydrogen-bond donors (Lipinski definition) is 1. The van der Waals surface area contributed by atoms with Gasteiger partial charge in [-0.25, -0.2) is 0 Å². The summed E-state index contributed by atoms with van der Waals surface area (Å²) in [5.41, 5.74) is 2.30. The van der Waals surface area contributed by atoms with Crippen molar-refractivity contribution in [2.75, 3.05) is 11.9 Å². The standard InChI is InChI=1S/C17H25N3S/c1-5-16(18-4)17-9-8-14(11-19-17)20(13(2)3)12-15-7-6-10-21-15/h6-11,13,16,18H,5,12H2,1-4H3. The highest BCUT2D eigenvalue weighted by Gasteiger charge is 2.14. The predicted octanol–water partition coefficient (Wildman–Crippen LogP) is 4.23. The molecule has 2 heterocycles. The summed E-state index contributed by atoms with van der Waals surface area (Å²) in [7, 11) is 1.99. The van der Waals surface area contributed by atoms with E-state index in [1.165, 1.54) is 10.6 Å². The van der Waals surface area contributed by atoms with E-state index < -0.39 is 0 Å². The van der Waals surface area contributed by atoms with Crippen LogP contribution in [0.2, 0.25) is 0 Å². The maximum Gasteiger partial charge on any atom is 0.0574 e. The number of hydrogen-bond acceptors (Lipinski definition) is 4. The van der Waals surface area contributed by atoms with Gasteiger partial charge in [-0.3, -0.25) is 4.98 Å². The molecule has 2 aromatic rings. The van der Waals surface area contributed by atoms with Crippen molar-refractivity contribution in [3.63, 3.8) is 0 Å². The fourth-order valence-electron chi connectivity index (χ4n) is 2.48. The topological polar surface area (TPSA) is 28.2 Å². The third-order valence-electron chi connectivity index (χ3n) is 3.75.